The fourth-order valence-corrected chi connectivity index (χ4v) is 11.5. The average molecular weight is 1280 g/mol. The largest absolute Gasteiger partial charge is 0.491 e. The molecule has 8 bridgehead atoms. The van der Waals surface area contributed by atoms with Gasteiger partial charge in [0.2, 0.25) is 23.6 Å². The van der Waals surface area contributed by atoms with Crippen LogP contribution in [0.3, 0.4) is 0 Å². The van der Waals surface area contributed by atoms with Crippen molar-refractivity contribution in [2.75, 3.05) is 132 Å². The maximum atomic E-state index is 13.2. The first-order valence-corrected chi connectivity index (χ1v) is 34.0. The molecule has 512 valence electrons. The van der Waals surface area contributed by atoms with Gasteiger partial charge >= 0.3 is 0 Å². The molecule has 0 aliphatic heterocycles. The highest BCUT2D eigenvalue weighted by atomic mass is 16.5. The van der Waals surface area contributed by atoms with E-state index in [0.29, 0.717) is 101 Å². The number of hydrogen-bond donors (Lipinski definition) is 0. The number of likely N-dealkylation sites (N-methyl/N-ethyl adjacent to an activating group) is 4. The summed E-state index contributed by atoms with van der Waals surface area (Å²) in [5.41, 5.74) is 10.8. The van der Waals surface area contributed by atoms with E-state index in [1.54, 1.807) is 19.6 Å². The van der Waals surface area contributed by atoms with Gasteiger partial charge in [0, 0.05) is 78.0 Å². The molecule has 0 heterocycles. The van der Waals surface area contributed by atoms with Crippen LogP contribution in [0.5, 0.6) is 23.0 Å². The smallest absolute Gasteiger partial charge is 0.248 e. The highest BCUT2D eigenvalue weighted by Gasteiger charge is 2.30. The second kappa shape index (κ2) is 35.3. The molecule has 5 rings (SSSR count). The van der Waals surface area contributed by atoms with E-state index in [9.17, 15) is 19.2 Å². The molecule has 0 atom stereocenters. The monoisotopic (exact) mass is 1280 g/mol. The van der Waals surface area contributed by atoms with Gasteiger partial charge in [0.15, 0.2) is 0 Å². The first-order chi connectivity index (χ1) is 43.5. The first-order valence-electron chi connectivity index (χ1n) is 34.0. The molecular weight excluding hydrogens is 1160 g/mol. The number of ether oxygens (including phenoxy) is 8. The molecule has 16 nitrogen and oxygen atoms in total. The Balaban J connectivity index is 1.90. The van der Waals surface area contributed by atoms with Crippen LogP contribution in [0.25, 0.3) is 0 Å². The zero-order valence-electron chi connectivity index (χ0n) is 60.3. The molecular formula is C76H116N4O12. The summed E-state index contributed by atoms with van der Waals surface area (Å²) >= 11 is 0. The van der Waals surface area contributed by atoms with Crippen LogP contribution in [0.15, 0.2) is 48.5 Å². The van der Waals surface area contributed by atoms with Gasteiger partial charge in [-0.25, -0.2) is 0 Å². The lowest BCUT2D eigenvalue weighted by molar-refractivity contribution is -0.136. The minimum absolute atomic E-state index is 0.0572. The van der Waals surface area contributed by atoms with Gasteiger partial charge in [0.05, 0.1) is 26.4 Å². The van der Waals surface area contributed by atoms with E-state index in [-0.39, 0.29) is 125 Å². The molecule has 0 aromatic heterocycles. The Bertz CT molecular complexity index is 2540. The van der Waals surface area contributed by atoms with Crippen molar-refractivity contribution in [3.05, 3.63) is 115 Å². The van der Waals surface area contributed by atoms with Crippen molar-refractivity contribution < 1.29 is 57.1 Å². The average Bonchev–Trinajstić information content (AvgIpc) is 0.786. The van der Waals surface area contributed by atoms with Gasteiger partial charge in [0.1, 0.15) is 75.9 Å². The van der Waals surface area contributed by atoms with Gasteiger partial charge in [0.25, 0.3) is 0 Å². The molecule has 1 aliphatic rings. The van der Waals surface area contributed by atoms with E-state index in [1.165, 1.54) is 0 Å². The van der Waals surface area contributed by atoms with Gasteiger partial charge in [-0.1, -0.05) is 132 Å². The molecule has 0 unspecified atom stereocenters. The molecule has 0 spiro atoms. The molecule has 0 saturated heterocycles. The van der Waals surface area contributed by atoms with E-state index < -0.39 is 0 Å². The summed E-state index contributed by atoms with van der Waals surface area (Å²) in [7, 11) is 0. The SMILES string of the molecule is CCN(CC)C(=O)COCCOc1c2cc(C(C)(C)C)cc1Cc1cc(C(C)(C)C)cc(c1OCCOCC(=O)N(CC)CC)Cc1cc(C(C)(C)C)cc(c1OCCOCC(=O)N(CC)CC)Cc1cc(C(C)(C)C)cc(c1OCCOCC(=O)N(CC)CC)C2. The summed E-state index contributed by atoms with van der Waals surface area (Å²) < 4.78 is 52.9. The highest BCUT2D eigenvalue weighted by Crippen LogP contribution is 2.44. The molecule has 4 aromatic rings. The van der Waals surface area contributed by atoms with Gasteiger partial charge in [-0.3, -0.25) is 19.2 Å². The standard InChI is InChI=1S/C76H116N4O12/c1-21-77(22-2)65(81)49-85-29-33-89-69-53-37-55-43-62(74(12,13)14)45-57(70(55)90-34-30-86-50-66(82)78(23-3)24-4)39-59-47-64(76(18,19)20)48-60(72(59)92-36-32-88-52-68(84)80(27-7)28-8)40-58-46-63(75(15,16)17)44-56(38-54(69)42-61(41-53)73(9,10)11)71(58)91-35-31-87-51-67(83)79(25-5)26-6/h41-48H,21-40,49-52H2,1-20H3. The topological polar surface area (TPSA) is 155 Å². The predicted octanol–water partition coefficient (Wildman–Crippen LogP) is 12.6. The van der Waals surface area contributed by atoms with Gasteiger partial charge in [-0.05, 0) is 144 Å². The third kappa shape index (κ3) is 21.9. The Labute approximate surface area is 553 Å². The molecule has 92 heavy (non-hydrogen) atoms. The molecule has 0 radical (unpaired) electrons. The number of benzene rings is 4. The van der Waals surface area contributed by atoms with E-state index in [4.69, 9.17) is 37.9 Å². The summed E-state index contributed by atoms with van der Waals surface area (Å²) in [4.78, 5) is 59.8. The van der Waals surface area contributed by atoms with Crippen molar-refractivity contribution in [1.82, 2.24) is 19.6 Å². The van der Waals surface area contributed by atoms with Crippen LogP contribution in [0, 0.1) is 0 Å². The van der Waals surface area contributed by atoms with Crippen molar-refractivity contribution in [1.29, 1.82) is 0 Å². The van der Waals surface area contributed by atoms with Crippen molar-refractivity contribution in [3.63, 3.8) is 0 Å². The quantitative estimate of drug-likeness (QED) is 0.0376. The zero-order chi connectivity index (χ0) is 68.1. The second-order valence-electron chi connectivity index (χ2n) is 28.1. The van der Waals surface area contributed by atoms with Crippen LogP contribution < -0.4 is 18.9 Å². The summed E-state index contributed by atoms with van der Waals surface area (Å²) in [6.45, 7) is 48.4. The Morgan fingerprint density at radius 1 is 0.283 bits per heavy atom. The Kier molecular flexibility index (Phi) is 29.4. The maximum Gasteiger partial charge on any atom is 0.248 e. The van der Waals surface area contributed by atoms with Crippen molar-refractivity contribution in [2.45, 2.75) is 186 Å². The van der Waals surface area contributed by atoms with E-state index in [2.05, 4.69) is 132 Å². The number of hydrogen-bond acceptors (Lipinski definition) is 12. The molecule has 0 saturated carbocycles. The number of amides is 4. The molecule has 1 aliphatic carbocycles. The highest BCUT2D eigenvalue weighted by molar-refractivity contribution is 5.78. The van der Waals surface area contributed by atoms with Crippen LogP contribution in [0.1, 0.15) is 205 Å². The molecule has 0 N–H and O–H groups in total. The molecule has 4 amide bonds. The molecule has 16 heteroatoms. The van der Waals surface area contributed by atoms with E-state index in [1.807, 2.05) is 55.4 Å². The molecule has 0 fully saturated rings. The van der Waals surface area contributed by atoms with Crippen LogP contribution in [-0.2, 0) is 85.5 Å². The molecule has 4 aromatic carbocycles. The fourth-order valence-electron chi connectivity index (χ4n) is 11.5. The van der Waals surface area contributed by atoms with Crippen molar-refractivity contribution in [2.24, 2.45) is 0 Å². The normalized spacial score (nSPS) is 12.7. The van der Waals surface area contributed by atoms with Crippen LogP contribution >= 0.6 is 0 Å². The fraction of sp³-hybridized carbons (Fsp3) is 0.632. The second-order valence-corrected chi connectivity index (χ2v) is 28.1. The zero-order valence-corrected chi connectivity index (χ0v) is 60.3. The number of carbonyl (C=O) groups is 4. The Morgan fingerprint density at radius 3 is 0.565 bits per heavy atom. The number of nitrogens with zero attached hydrogens (tertiary/aromatic N) is 4. The van der Waals surface area contributed by atoms with E-state index in [0.717, 1.165) is 66.8 Å². The van der Waals surface area contributed by atoms with Crippen LogP contribution in [0.4, 0.5) is 0 Å². The van der Waals surface area contributed by atoms with Gasteiger partial charge in [-0.15, -0.1) is 0 Å². The first kappa shape index (κ1) is 76.5. The number of rotatable bonds is 32. The predicted molar refractivity (Wildman–Crippen MR) is 369 cm³/mol. The Hall–Kier alpha value is -6.20. The summed E-state index contributed by atoms with van der Waals surface area (Å²) in [6.07, 6.45) is 1.62. The maximum absolute atomic E-state index is 13.2. The lowest BCUT2D eigenvalue weighted by Gasteiger charge is -2.29. The van der Waals surface area contributed by atoms with Crippen molar-refractivity contribution in [3.8, 4) is 23.0 Å². The lowest BCUT2D eigenvalue weighted by atomic mass is 9.79. The summed E-state index contributed by atoms with van der Waals surface area (Å²) in [5, 5.41) is 0. The summed E-state index contributed by atoms with van der Waals surface area (Å²) in [6, 6.07) is 18.2. The minimum Gasteiger partial charge on any atom is -0.491 e. The third-order valence-corrected chi connectivity index (χ3v) is 17.2. The third-order valence-electron chi connectivity index (χ3n) is 17.2. The number of fused-ring (bicyclic) bond motifs is 8. The van der Waals surface area contributed by atoms with Gasteiger partial charge in [-0.2, -0.15) is 0 Å². The van der Waals surface area contributed by atoms with E-state index >= 15 is 0 Å². The lowest BCUT2D eigenvalue weighted by Crippen LogP contribution is -2.34. The summed E-state index contributed by atoms with van der Waals surface area (Å²) in [5.74, 6) is 2.54. The Morgan fingerprint density at radius 2 is 0.435 bits per heavy atom. The van der Waals surface area contributed by atoms with Crippen molar-refractivity contribution >= 4 is 23.6 Å². The van der Waals surface area contributed by atoms with Crippen LogP contribution in [0.2, 0.25) is 0 Å². The number of carbonyl (C=O) groups excluding carboxylic acids is 4. The van der Waals surface area contributed by atoms with Gasteiger partial charge < -0.3 is 57.5 Å². The minimum atomic E-state index is -0.304. The van der Waals surface area contributed by atoms with Crippen LogP contribution in [-0.4, -0.2) is 175 Å².